The molecule has 0 aliphatic carbocycles. The van der Waals surface area contributed by atoms with E-state index in [-0.39, 0.29) is 0 Å². The zero-order valence-corrected chi connectivity index (χ0v) is 13.8. The fourth-order valence-electron chi connectivity index (χ4n) is 2.17. The number of nitrogens with zero attached hydrogens (tertiary/aromatic N) is 1. The Balaban J connectivity index is 1.89. The summed E-state index contributed by atoms with van der Waals surface area (Å²) in [6.07, 6.45) is 0. The van der Waals surface area contributed by atoms with Crippen LogP contribution in [0.3, 0.4) is 0 Å². The first-order valence-corrected chi connectivity index (χ1v) is 8.09. The Morgan fingerprint density at radius 3 is 2.80 bits per heavy atom. The van der Waals surface area contributed by atoms with Gasteiger partial charge < -0.3 is 5.32 Å². The van der Waals surface area contributed by atoms with Gasteiger partial charge in [-0.2, -0.15) is 0 Å². The van der Waals surface area contributed by atoms with Crippen LogP contribution >= 0.6 is 27.3 Å². The number of para-hydroxylation sites is 1. The van der Waals surface area contributed by atoms with Crippen molar-refractivity contribution in [1.82, 2.24) is 4.98 Å². The van der Waals surface area contributed by atoms with E-state index in [1.54, 1.807) is 0 Å². The van der Waals surface area contributed by atoms with Gasteiger partial charge >= 0.3 is 0 Å². The van der Waals surface area contributed by atoms with E-state index in [0.29, 0.717) is 0 Å². The molecule has 2 nitrogen and oxygen atoms in total. The molecule has 20 heavy (non-hydrogen) atoms. The molecule has 1 N–H and O–H groups in total. The average Bonchev–Trinajstić information content (AvgIpc) is 2.75. The Bertz CT molecular complexity index is 745. The molecule has 0 amide bonds. The second-order valence-electron chi connectivity index (χ2n) is 4.80. The van der Waals surface area contributed by atoms with Gasteiger partial charge in [-0.05, 0) is 48.0 Å². The molecule has 3 aromatic rings. The minimum atomic E-state index is 0.825. The summed E-state index contributed by atoms with van der Waals surface area (Å²) in [6, 6.07) is 12.6. The van der Waals surface area contributed by atoms with Crippen LogP contribution in [0.25, 0.3) is 10.9 Å². The standard InChI is InChI=1S/C16H15BrN2S/c1-10-6-7-12-4-3-5-15(16(12)19-10)18-9-13-8-14(17)11(2)20-13/h3-8,18H,9H2,1-2H3. The summed E-state index contributed by atoms with van der Waals surface area (Å²) in [7, 11) is 0. The Labute approximate surface area is 131 Å². The van der Waals surface area contributed by atoms with Gasteiger partial charge in [0.1, 0.15) is 0 Å². The van der Waals surface area contributed by atoms with Gasteiger partial charge in [-0.15, -0.1) is 11.3 Å². The highest BCUT2D eigenvalue weighted by Crippen LogP contribution is 2.28. The van der Waals surface area contributed by atoms with Gasteiger partial charge in [0.25, 0.3) is 0 Å². The lowest BCUT2D eigenvalue weighted by Crippen LogP contribution is -1.99. The van der Waals surface area contributed by atoms with Crippen molar-refractivity contribution in [3.8, 4) is 0 Å². The highest BCUT2D eigenvalue weighted by molar-refractivity contribution is 9.10. The predicted octanol–water partition coefficient (Wildman–Crippen LogP) is 5.29. The maximum Gasteiger partial charge on any atom is 0.0936 e. The zero-order chi connectivity index (χ0) is 14.1. The van der Waals surface area contributed by atoms with E-state index in [0.717, 1.165) is 23.4 Å². The molecule has 3 rings (SSSR count). The number of nitrogens with one attached hydrogen (secondary N) is 1. The van der Waals surface area contributed by atoms with Gasteiger partial charge in [0.05, 0.1) is 11.2 Å². The molecule has 0 fully saturated rings. The van der Waals surface area contributed by atoms with Gasteiger partial charge in [0.15, 0.2) is 0 Å². The second-order valence-corrected chi connectivity index (χ2v) is 7.00. The molecule has 0 aliphatic heterocycles. The first-order chi connectivity index (χ1) is 9.63. The number of halogens is 1. The lowest BCUT2D eigenvalue weighted by molar-refractivity contribution is 1.18. The summed E-state index contributed by atoms with van der Waals surface area (Å²) in [4.78, 5) is 7.27. The quantitative estimate of drug-likeness (QED) is 0.697. The molecule has 2 aromatic heterocycles. The third-order valence-electron chi connectivity index (χ3n) is 3.22. The number of thiophene rings is 1. The van der Waals surface area contributed by atoms with Crippen LogP contribution in [0.5, 0.6) is 0 Å². The van der Waals surface area contributed by atoms with Crippen LogP contribution in [0.1, 0.15) is 15.4 Å². The first-order valence-electron chi connectivity index (χ1n) is 6.48. The number of aryl methyl sites for hydroxylation is 2. The van der Waals surface area contributed by atoms with Crippen molar-refractivity contribution >= 4 is 43.9 Å². The number of rotatable bonds is 3. The van der Waals surface area contributed by atoms with E-state index >= 15 is 0 Å². The Kier molecular flexibility index (Phi) is 3.76. The highest BCUT2D eigenvalue weighted by atomic mass is 79.9. The summed E-state index contributed by atoms with van der Waals surface area (Å²) in [5, 5.41) is 4.67. The topological polar surface area (TPSA) is 24.9 Å². The predicted molar refractivity (Wildman–Crippen MR) is 90.6 cm³/mol. The molecule has 0 saturated heterocycles. The molecule has 0 atom stereocenters. The van der Waals surface area contributed by atoms with Crippen molar-refractivity contribution in [2.75, 3.05) is 5.32 Å². The van der Waals surface area contributed by atoms with E-state index in [9.17, 15) is 0 Å². The van der Waals surface area contributed by atoms with Crippen molar-refractivity contribution in [2.24, 2.45) is 0 Å². The van der Waals surface area contributed by atoms with Crippen molar-refractivity contribution in [1.29, 1.82) is 0 Å². The van der Waals surface area contributed by atoms with Crippen LogP contribution in [-0.2, 0) is 6.54 Å². The molecule has 0 spiro atoms. The van der Waals surface area contributed by atoms with E-state index in [1.165, 1.54) is 19.6 Å². The SMILES string of the molecule is Cc1ccc2cccc(NCc3cc(Br)c(C)s3)c2n1. The van der Waals surface area contributed by atoms with Crippen LogP contribution in [0.2, 0.25) is 0 Å². The normalized spacial score (nSPS) is 10.9. The van der Waals surface area contributed by atoms with Crippen LogP contribution in [0.15, 0.2) is 40.9 Å². The lowest BCUT2D eigenvalue weighted by atomic mass is 10.1. The number of hydrogen-bond acceptors (Lipinski definition) is 3. The smallest absolute Gasteiger partial charge is 0.0936 e. The molecule has 0 bridgehead atoms. The van der Waals surface area contributed by atoms with E-state index in [1.807, 2.05) is 24.3 Å². The van der Waals surface area contributed by atoms with Crippen LogP contribution in [0, 0.1) is 13.8 Å². The minimum absolute atomic E-state index is 0.825. The Morgan fingerprint density at radius 1 is 1.20 bits per heavy atom. The Morgan fingerprint density at radius 2 is 2.05 bits per heavy atom. The number of anilines is 1. The molecular weight excluding hydrogens is 332 g/mol. The molecule has 0 radical (unpaired) electrons. The van der Waals surface area contributed by atoms with Crippen LogP contribution in [0.4, 0.5) is 5.69 Å². The molecular formula is C16H15BrN2S. The lowest BCUT2D eigenvalue weighted by Gasteiger charge is -2.08. The third-order valence-corrected chi connectivity index (χ3v) is 5.36. The fourth-order valence-corrected chi connectivity index (χ4v) is 3.72. The molecule has 4 heteroatoms. The number of aromatic nitrogens is 1. The summed E-state index contributed by atoms with van der Waals surface area (Å²) < 4.78 is 1.19. The monoisotopic (exact) mass is 346 g/mol. The van der Waals surface area contributed by atoms with Crippen molar-refractivity contribution in [3.05, 3.63) is 56.3 Å². The van der Waals surface area contributed by atoms with E-state index in [4.69, 9.17) is 0 Å². The summed E-state index contributed by atoms with van der Waals surface area (Å²) >= 11 is 5.37. The largest absolute Gasteiger partial charge is 0.378 e. The Hall–Kier alpha value is -1.39. The molecule has 1 aromatic carbocycles. The highest BCUT2D eigenvalue weighted by Gasteiger charge is 2.05. The van der Waals surface area contributed by atoms with Gasteiger partial charge in [-0.25, -0.2) is 0 Å². The number of fused-ring (bicyclic) bond motifs is 1. The zero-order valence-electron chi connectivity index (χ0n) is 11.4. The second kappa shape index (κ2) is 5.54. The summed E-state index contributed by atoms with van der Waals surface area (Å²) in [5.74, 6) is 0. The molecule has 0 aliphatic rings. The first kappa shape index (κ1) is 13.6. The maximum absolute atomic E-state index is 4.64. The minimum Gasteiger partial charge on any atom is -0.378 e. The van der Waals surface area contributed by atoms with Gasteiger partial charge in [-0.1, -0.05) is 18.2 Å². The number of hydrogen-bond donors (Lipinski definition) is 1. The van der Waals surface area contributed by atoms with Gasteiger partial charge in [0.2, 0.25) is 0 Å². The number of benzene rings is 1. The summed E-state index contributed by atoms with van der Waals surface area (Å²) in [6.45, 7) is 4.98. The third kappa shape index (κ3) is 2.72. The molecule has 102 valence electrons. The van der Waals surface area contributed by atoms with Crippen molar-refractivity contribution in [2.45, 2.75) is 20.4 Å². The van der Waals surface area contributed by atoms with Gasteiger partial charge in [0, 0.05) is 31.9 Å². The maximum atomic E-state index is 4.64. The van der Waals surface area contributed by atoms with Crippen molar-refractivity contribution < 1.29 is 0 Å². The average molecular weight is 347 g/mol. The van der Waals surface area contributed by atoms with Crippen molar-refractivity contribution in [3.63, 3.8) is 0 Å². The van der Waals surface area contributed by atoms with E-state index in [2.05, 4.69) is 63.5 Å². The van der Waals surface area contributed by atoms with Crippen LogP contribution < -0.4 is 5.32 Å². The molecule has 0 saturated carbocycles. The molecule has 0 unspecified atom stereocenters. The van der Waals surface area contributed by atoms with Gasteiger partial charge in [-0.3, -0.25) is 4.98 Å². The fraction of sp³-hybridized carbons (Fsp3) is 0.188. The number of pyridine rings is 1. The molecule has 2 heterocycles. The van der Waals surface area contributed by atoms with Crippen LogP contribution in [-0.4, -0.2) is 4.98 Å². The van der Waals surface area contributed by atoms with E-state index < -0.39 is 0 Å². The summed E-state index contributed by atoms with van der Waals surface area (Å²) in [5.41, 5.74) is 3.18.